The summed E-state index contributed by atoms with van der Waals surface area (Å²) >= 11 is 0. The van der Waals surface area contributed by atoms with Gasteiger partial charge in [0, 0.05) is 36.4 Å². The largest absolute Gasteiger partial charge is 0.508 e. The Morgan fingerprint density at radius 3 is 2.44 bits per heavy atom. The van der Waals surface area contributed by atoms with E-state index in [1.165, 1.54) is 0 Å². The Bertz CT molecular complexity index is 411. The highest BCUT2D eigenvalue weighted by Crippen LogP contribution is 2.30. The van der Waals surface area contributed by atoms with Crippen molar-refractivity contribution in [2.24, 2.45) is 5.73 Å². The smallest absolute Gasteiger partial charge is 0.122 e. The van der Waals surface area contributed by atoms with Crippen LogP contribution in [-0.4, -0.2) is 18.2 Å². The maximum Gasteiger partial charge on any atom is 0.122 e. The first-order valence-corrected chi connectivity index (χ1v) is 6.47. The Kier molecular flexibility index (Phi) is 5.23. The predicted molar refractivity (Wildman–Crippen MR) is 78.0 cm³/mol. The molecule has 0 heterocycles. The van der Waals surface area contributed by atoms with Gasteiger partial charge in [-0.3, -0.25) is 0 Å². The maximum atomic E-state index is 10.1. The lowest BCUT2D eigenvalue weighted by Gasteiger charge is -2.22. The van der Waals surface area contributed by atoms with Crippen molar-refractivity contribution in [1.29, 1.82) is 0 Å². The van der Waals surface area contributed by atoms with E-state index in [0.29, 0.717) is 6.42 Å². The second-order valence-electron chi connectivity index (χ2n) is 4.68. The fraction of sp³-hybridized carbons (Fsp3) is 0.467. The molecule has 1 rings (SSSR count). The molecule has 3 nitrogen and oxygen atoms in total. The number of aromatic hydroxyl groups is 1. The summed E-state index contributed by atoms with van der Waals surface area (Å²) in [6.07, 6.45) is 0.693. The van der Waals surface area contributed by atoms with Crippen molar-refractivity contribution in [2.75, 3.05) is 18.0 Å². The molecule has 1 atom stereocenters. The van der Waals surface area contributed by atoms with Crippen LogP contribution in [-0.2, 0) is 0 Å². The molecule has 0 unspecified atom stereocenters. The predicted octanol–water partition coefficient (Wildman–Crippen LogP) is 3.20. The van der Waals surface area contributed by atoms with E-state index in [0.717, 1.165) is 29.9 Å². The number of phenolic OH excluding ortho intramolecular Hbond substituents is 1. The number of benzene rings is 1. The molecule has 18 heavy (non-hydrogen) atoms. The highest BCUT2D eigenvalue weighted by molar-refractivity contribution is 5.54. The highest BCUT2D eigenvalue weighted by atomic mass is 16.3. The van der Waals surface area contributed by atoms with Crippen molar-refractivity contribution in [3.63, 3.8) is 0 Å². The average molecular weight is 248 g/mol. The quantitative estimate of drug-likeness (QED) is 0.760. The molecule has 100 valence electrons. The monoisotopic (exact) mass is 248 g/mol. The lowest BCUT2D eigenvalue weighted by atomic mass is 10.00. The van der Waals surface area contributed by atoms with Crippen molar-refractivity contribution in [1.82, 2.24) is 0 Å². The van der Waals surface area contributed by atoms with Gasteiger partial charge in [0.1, 0.15) is 5.75 Å². The summed E-state index contributed by atoms with van der Waals surface area (Å²) in [6.45, 7) is 11.8. The number of nitrogens with zero attached hydrogens (tertiary/aromatic N) is 1. The third kappa shape index (κ3) is 3.50. The van der Waals surface area contributed by atoms with Gasteiger partial charge >= 0.3 is 0 Å². The van der Waals surface area contributed by atoms with Crippen molar-refractivity contribution in [3.8, 4) is 5.75 Å². The molecule has 0 saturated heterocycles. The lowest BCUT2D eigenvalue weighted by Crippen LogP contribution is -2.21. The summed E-state index contributed by atoms with van der Waals surface area (Å²) in [4.78, 5) is 2.19. The Labute approximate surface area is 110 Å². The standard InChI is InChI=1S/C15H24N2O/c1-5-17(6-2)12-7-8-13(15(18)10-12)14(16)9-11(3)4/h7-8,10,14,18H,3,5-6,9,16H2,1-2,4H3/t14-/m1/s1. The van der Waals surface area contributed by atoms with Gasteiger partial charge in [-0.2, -0.15) is 0 Å². The van der Waals surface area contributed by atoms with E-state index in [1.54, 1.807) is 6.07 Å². The first kappa shape index (κ1) is 14.6. The highest BCUT2D eigenvalue weighted by Gasteiger charge is 2.12. The molecule has 0 aliphatic carbocycles. The van der Waals surface area contributed by atoms with Gasteiger partial charge in [-0.05, 0) is 33.3 Å². The van der Waals surface area contributed by atoms with Crippen LogP contribution in [0.4, 0.5) is 5.69 Å². The molecule has 0 spiro atoms. The minimum atomic E-state index is -0.187. The summed E-state index contributed by atoms with van der Waals surface area (Å²) in [5, 5.41) is 10.1. The van der Waals surface area contributed by atoms with Crippen molar-refractivity contribution in [2.45, 2.75) is 33.2 Å². The average Bonchev–Trinajstić information content (AvgIpc) is 2.29. The molecule has 0 radical (unpaired) electrons. The van der Waals surface area contributed by atoms with Crippen molar-refractivity contribution in [3.05, 3.63) is 35.9 Å². The maximum absolute atomic E-state index is 10.1. The Balaban J connectivity index is 2.95. The van der Waals surface area contributed by atoms with Gasteiger partial charge < -0.3 is 15.7 Å². The van der Waals surface area contributed by atoms with Crippen molar-refractivity contribution >= 4 is 5.69 Å². The summed E-state index contributed by atoms with van der Waals surface area (Å²) in [7, 11) is 0. The van der Waals surface area contributed by atoms with E-state index < -0.39 is 0 Å². The van der Waals surface area contributed by atoms with Crippen LogP contribution in [0, 0.1) is 0 Å². The van der Waals surface area contributed by atoms with Gasteiger partial charge in [0.25, 0.3) is 0 Å². The van der Waals surface area contributed by atoms with Gasteiger partial charge in [0.2, 0.25) is 0 Å². The van der Waals surface area contributed by atoms with Crippen LogP contribution in [0.25, 0.3) is 0 Å². The molecular formula is C15H24N2O. The van der Waals surface area contributed by atoms with E-state index >= 15 is 0 Å². The Hall–Kier alpha value is -1.48. The lowest BCUT2D eigenvalue weighted by molar-refractivity contribution is 0.461. The van der Waals surface area contributed by atoms with E-state index in [4.69, 9.17) is 5.73 Å². The van der Waals surface area contributed by atoms with Gasteiger partial charge in [-0.1, -0.05) is 11.6 Å². The molecule has 0 saturated carbocycles. The van der Waals surface area contributed by atoms with Crippen LogP contribution in [0.5, 0.6) is 5.75 Å². The molecule has 0 aromatic heterocycles. The van der Waals surface area contributed by atoms with Gasteiger partial charge in [-0.15, -0.1) is 6.58 Å². The second-order valence-corrected chi connectivity index (χ2v) is 4.68. The van der Waals surface area contributed by atoms with Crippen molar-refractivity contribution < 1.29 is 5.11 Å². The van der Waals surface area contributed by atoms with E-state index in [2.05, 4.69) is 25.3 Å². The number of hydrogen-bond acceptors (Lipinski definition) is 3. The number of phenols is 1. The fourth-order valence-corrected chi connectivity index (χ4v) is 2.12. The zero-order chi connectivity index (χ0) is 13.7. The fourth-order valence-electron chi connectivity index (χ4n) is 2.12. The third-order valence-electron chi connectivity index (χ3n) is 3.11. The van der Waals surface area contributed by atoms with Crippen LogP contribution in [0.3, 0.4) is 0 Å². The molecule has 0 fully saturated rings. The number of anilines is 1. The van der Waals surface area contributed by atoms with Crippen LogP contribution in [0.1, 0.15) is 38.8 Å². The van der Waals surface area contributed by atoms with Crippen LogP contribution in [0.2, 0.25) is 0 Å². The van der Waals surface area contributed by atoms with E-state index in [-0.39, 0.29) is 11.8 Å². The molecule has 1 aromatic carbocycles. The third-order valence-corrected chi connectivity index (χ3v) is 3.11. The molecule has 0 aliphatic rings. The second kappa shape index (κ2) is 6.45. The molecule has 0 aliphatic heterocycles. The van der Waals surface area contributed by atoms with Gasteiger partial charge in [0.05, 0.1) is 0 Å². The minimum Gasteiger partial charge on any atom is -0.508 e. The normalized spacial score (nSPS) is 12.2. The Morgan fingerprint density at radius 2 is 2.00 bits per heavy atom. The van der Waals surface area contributed by atoms with Crippen LogP contribution < -0.4 is 10.6 Å². The first-order chi connectivity index (χ1) is 8.49. The molecule has 3 N–H and O–H groups in total. The zero-order valence-corrected chi connectivity index (χ0v) is 11.6. The summed E-state index contributed by atoms with van der Waals surface area (Å²) in [6, 6.07) is 5.53. The van der Waals surface area contributed by atoms with Crippen LogP contribution >= 0.6 is 0 Å². The molecule has 0 bridgehead atoms. The minimum absolute atomic E-state index is 0.187. The van der Waals surface area contributed by atoms with Crippen LogP contribution in [0.15, 0.2) is 30.4 Å². The summed E-state index contributed by atoms with van der Waals surface area (Å²) < 4.78 is 0. The van der Waals surface area contributed by atoms with Gasteiger partial charge in [0.15, 0.2) is 0 Å². The molecule has 3 heteroatoms. The SMILES string of the molecule is C=C(C)C[C@@H](N)c1ccc(N(CC)CC)cc1O. The number of hydrogen-bond donors (Lipinski definition) is 2. The number of rotatable bonds is 6. The topological polar surface area (TPSA) is 49.5 Å². The molecule has 1 aromatic rings. The van der Waals surface area contributed by atoms with Gasteiger partial charge in [-0.25, -0.2) is 0 Å². The summed E-state index contributed by atoms with van der Waals surface area (Å²) in [5.41, 5.74) is 8.89. The molecule has 0 amide bonds. The van der Waals surface area contributed by atoms with E-state index in [9.17, 15) is 5.11 Å². The summed E-state index contributed by atoms with van der Waals surface area (Å²) in [5.74, 6) is 0.271. The Morgan fingerprint density at radius 1 is 1.39 bits per heavy atom. The van der Waals surface area contributed by atoms with E-state index in [1.807, 2.05) is 19.1 Å². The zero-order valence-electron chi connectivity index (χ0n) is 11.6. The number of nitrogens with two attached hydrogens (primary N) is 1. The molecular weight excluding hydrogens is 224 g/mol. The first-order valence-electron chi connectivity index (χ1n) is 6.47.